The summed E-state index contributed by atoms with van der Waals surface area (Å²) in [4.78, 5) is 28.4. The second-order valence-corrected chi connectivity index (χ2v) is 5.97. The second kappa shape index (κ2) is 11.3. The van der Waals surface area contributed by atoms with Gasteiger partial charge in [0.05, 0.1) is 34.6 Å². The molecule has 2 rings (SSSR count). The van der Waals surface area contributed by atoms with E-state index in [9.17, 15) is 35.4 Å². The number of hydrogen-bond donors (Lipinski definition) is 2. The Morgan fingerprint density at radius 3 is 2.06 bits per heavy atom. The Balaban J connectivity index is 0.000000316. The topological polar surface area (TPSA) is 194 Å². The van der Waals surface area contributed by atoms with Crippen molar-refractivity contribution < 1.29 is 29.4 Å². The third-order valence-corrected chi connectivity index (χ3v) is 4.02. The van der Waals surface area contributed by atoms with Crippen molar-refractivity contribution in [1.82, 2.24) is 0 Å². The van der Waals surface area contributed by atoms with Crippen LogP contribution in [0.25, 0.3) is 0 Å². The van der Waals surface area contributed by atoms with Crippen LogP contribution >= 0.6 is 0 Å². The van der Waals surface area contributed by atoms with Crippen LogP contribution in [0.1, 0.15) is 18.1 Å². The van der Waals surface area contributed by atoms with Gasteiger partial charge in [-0.3, -0.25) is 30.3 Å². The number of methoxy groups -OCH3 is 1. The van der Waals surface area contributed by atoms with E-state index in [2.05, 4.69) is 0 Å². The van der Waals surface area contributed by atoms with Crippen LogP contribution < -0.4 is 15.2 Å². The van der Waals surface area contributed by atoms with Crippen molar-refractivity contribution in [2.75, 3.05) is 20.3 Å². The van der Waals surface area contributed by atoms with E-state index in [4.69, 9.17) is 15.2 Å². The van der Waals surface area contributed by atoms with Gasteiger partial charge in [-0.2, -0.15) is 0 Å². The summed E-state index contributed by atoms with van der Waals surface area (Å²) in [6, 6.07) is 6.39. The fourth-order valence-electron chi connectivity index (χ4n) is 2.59. The first-order valence-corrected chi connectivity index (χ1v) is 8.88. The highest BCUT2D eigenvalue weighted by molar-refractivity contribution is 5.69. The lowest BCUT2D eigenvalue weighted by Crippen LogP contribution is -2.03. The Morgan fingerprint density at radius 2 is 1.61 bits per heavy atom. The van der Waals surface area contributed by atoms with E-state index in [1.165, 1.54) is 5.56 Å². The summed E-state index contributed by atoms with van der Waals surface area (Å²) < 4.78 is 10.6. The summed E-state index contributed by atoms with van der Waals surface area (Å²) in [5, 5.41) is 40.9. The summed E-state index contributed by atoms with van der Waals surface area (Å²) in [5.74, 6) is 0.372. The summed E-state index contributed by atoms with van der Waals surface area (Å²) in [5.41, 5.74) is 3.31. The number of phenols is 1. The summed E-state index contributed by atoms with van der Waals surface area (Å²) in [6.07, 6.45) is 0.864. The molecule has 0 heterocycles. The highest BCUT2D eigenvalue weighted by Crippen LogP contribution is 2.42. The molecule has 31 heavy (non-hydrogen) atoms. The Kier molecular flexibility index (Phi) is 9.09. The smallest absolute Gasteiger partial charge is 0.327 e. The molecule has 0 spiro atoms. The molecule has 0 atom stereocenters. The molecule has 13 nitrogen and oxygen atoms in total. The van der Waals surface area contributed by atoms with Crippen molar-refractivity contribution in [2.45, 2.75) is 20.3 Å². The molecule has 0 unspecified atom stereocenters. The normalized spacial score (nSPS) is 9.94. The Bertz CT molecular complexity index is 941. The molecule has 2 aromatic rings. The molecule has 0 fully saturated rings. The molecule has 168 valence electrons. The zero-order valence-electron chi connectivity index (χ0n) is 17.1. The minimum atomic E-state index is -1.19. The predicted octanol–water partition coefficient (Wildman–Crippen LogP) is 3.02. The second-order valence-electron chi connectivity index (χ2n) is 5.97. The maximum atomic E-state index is 10.6. The lowest BCUT2D eigenvalue weighted by molar-refractivity contribution is -0.405. The fourth-order valence-corrected chi connectivity index (χ4v) is 2.59. The third-order valence-electron chi connectivity index (χ3n) is 4.02. The molecule has 0 saturated heterocycles. The minimum absolute atomic E-state index is 0.442. The standard InChI is InChI=1S/C11H17NO2.C7H5N3O7/c1-3-14-10-5-4-9(6-7-12)8-11(10)13-2;1-3-4(8(12)13)2-5(9(14)15)7(11)6(3)10(16)17/h4-5,8H,3,6-7,12H2,1-2H3;2,11H,1H3. The van der Waals surface area contributed by atoms with E-state index in [-0.39, 0.29) is 0 Å². The summed E-state index contributed by atoms with van der Waals surface area (Å²) in [6.45, 7) is 4.27. The number of nitro groups is 3. The average molecular weight is 438 g/mol. The van der Waals surface area contributed by atoms with Crippen LogP contribution in [-0.4, -0.2) is 40.1 Å². The number of nitrogens with two attached hydrogens (primary N) is 1. The number of rotatable bonds is 8. The highest BCUT2D eigenvalue weighted by Gasteiger charge is 2.34. The van der Waals surface area contributed by atoms with Gasteiger partial charge in [0.2, 0.25) is 0 Å². The summed E-state index contributed by atoms with van der Waals surface area (Å²) in [7, 11) is 1.64. The Labute approximate surface area is 176 Å². The van der Waals surface area contributed by atoms with Gasteiger partial charge in [0, 0.05) is 0 Å². The van der Waals surface area contributed by atoms with Crippen molar-refractivity contribution in [3.05, 3.63) is 65.7 Å². The maximum Gasteiger partial charge on any atom is 0.327 e. The van der Waals surface area contributed by atoms with E-state index in [0.717, 1.165) is 24.8 Å². The largest absolute Gasteiger partial charge is 0.497 e. The quantitative estimate of drug-likeness (QED) is 0.456. The number of benzene rings is 2. The van der Waals surface area contributed by atoms with Gasteiger partial charge in [-0.25, -0.2) is 0 Å². The molecule has 0 amide bonds. The van der Waals surface area contributed by atoms with E-state index >= 15 is 0 Å². The molecule has 0 saturated carbocycles. The van der Waals surface area contributed by atoms with E-state index in [1.807, 2.05) is 25.1 Å². The molecule has 13 heteroatoms. The van der Waals surface area contributed by atoms with Gasteiger partial charge in [0.1, 0.15) is 5.56 Å². The lowest BCUT2D eigenvalue weighted by Gasteiger charge is -2.10. The SMILES string of the molecule is CCOc1ccc(CCN)cc1OC.Cc1c([N+](=O)[O-])cc([N+](=O)[O-])c(O)c1[N+](=O)[O-]. The molecule has 3 N–H and O–H groups in total. The van der Waals surface area contributed by atoms with Crippen molar-refractivity contribution in [3.63, 3.8) is 0 Å². The maximum absolute atomic E-state index is 10.6. The van der Waals surface area contributed by atoms with Crippen LogP contribution in [0.15, 0.2) is 24.3 Å². The van der Waals surface area contributed by atoms with E-state index < -0.39 is 43.1 Å². The highest BCUT2D eigenvalue weighted by atomic mass is 16.6. The van der Waals surface area contributed by atoms with E-state index in [0.29, 0.717) is 19.2 Å². The molecule has 0 radical (unpaired) electrons. The number of phenolic OH excluding ortho intramolecular Hbond substituents is 1. The molecular formula is C18H22N4O9. The molecule has 0 aliphatic heterocycles. The zero-order chi connectivity index (χ0) is 23.7. The fraction of sp³-hybridized carbons (Fsp3) is 0.333. The van der Waals surface area contributed by atoms with Crippen molar-refractivity contribution >= 4 is 17.1 Å². The van der Waals surface area contributed by atoms with Gasteiger partial charge in [-0.05, 0) is 44.5 Å². The number of nitrogens with zero attached hydrogens (tertiary/aromatic N) is 3. The molecule has 2 aromatic carbocycles. The van der Waals surface area contributed by atoms with Gasteiger partial charge >= 0.3 is 11.4 Å². The summed E-state index contributed by atoms with van der Waals surface area (Å²) >= 11 is 0. The lowest BCUT2D eigenvalue weighted by atomic mass is 10.1. The first-order valence-electron chi connectivity index (χ1n) is 8.88. The molecule has 0 aromatic heterocycles. The Hall–Kier alpha value is -4.00. The van der Waals surface area contributed by atoms with Crippen molar-refractivity contribution in [2.24, 2.45) is 5.73 Å². The number of nitro benzene ring substituents is 3. The van der Waals surface area contributed by atoms with Crippen LogP contribution in [0.3, 0.4) is 0 Å². The van der Waals surface area contributed by atoms with Crippen LogP contribution in [0.4, 0.5) is 17.1 Å². The van der Waals surface area contributed by atoms with Gasteiger partial charge in [-0.15, -0.1) is 0 Å². The van der Waals surface area contributed by atoms with Crippen LogP contribution in [0.2, 0.25) is 0 Å². The third kappa shape index (κ3) is 6.24. The predicted molar refractivity (Wildman–Crippen MR) is 110 cm³/mol. The molecule has 0 aliphatic rings. The molecule has 0 aliphatic carbocycles. The van der Waals surface area contributed by atoms with Crippen LogP contribution in [0.5, 0.6) is 17.2 Å². The van der Waals surface area contributed by atoms with Gasteiger partial charge in [-0.1, -0.05) is 6.07 Å². The van der Waals surface area contributed by atoms with Crippen LogP contribution in [0, 0.1) is 37.3 Å². The molecule has 0 bridgehead atoms. The van der Waals surface area contributed by atoms with Gasteiger partial charge in [0.15, 0.2) is 11.5 Å². The first-order chi connectivity index (χ1) is 14.6. The van der Waals surface area contributed by atoms with E-state index in [1.54, 1.807) is 7.11 Å². The Morgan fingerprint density at radius 1 is 1.00 bits per heavy atom. The molecular weight excluding hydrogens is 416 g/mol. The van der Waals surface area contributed by atoms with Gasteiger partial charge in [0.25, 0.3) is 11.4 Å². The van der Waals surface area contributed by atoms with Gasteiger partial charge < -0.3 is 20.3 Å². The monoisotopic (exact) mass is 438 g/mol. The van der Waals surface area contributed by atoms with Crippen LogP contribution in [-0.2, 0) is 6.42 Å². The number of aromatic hydroxyl groups is 1. The number of hydrogen-bond acceptors (Lipinski definition) is 10. The minimum Gasteiger partial charge on any atom is -0.497 e. The number of ether oxygens (including phenoxy) is 2. The average Bonchev–Trinajstić information content (AvgIpc) is 2.69. The first kappa shape index (κ1) is 25.0. The van der Waals surface area contributed by atoms with Crippen molar-refractivity contribution in [1.29, 1.82) is 0 Å². The van der Waals surface area contributed by atoms with Crippen molar-refractivity contribution in [3.8, 4) is 17.2 Å². The zero-order valence-corrected chi connectivity index (χ0v) is 17.1.